The monoisotopic (exact) mass is 299 g/mol. The molecule has 0 radical (unpaired) electrons. The molecule has 1 heterocycles. The topological polar surface area (TPSA) is 78.2 Å². The molecule has 0 saturated carbocycles. The first-order valence-electron chi connectivity index (χ1n) is 5.09. The molecule has 2 rings (SSSR count). The van der Waals surface area contributed by atoms with Gasteiger partial charge in [-0.2, -0.15) is 0 Å². The Morgan fingerprint density at radius 3 is 2.63 bits per heavy atom. The fraction of sp³-hybridized carbons (Fsp3) is 0.0909. The van der Waals surface area contributed by atoms with Crippen LogP contribution in [-0.2, 0) is 0 Å². The molecule has 0 aliphatic rings. The first kappa shape index (κ1) is 13.5. The molecule has 0 aliphatic heterocycles. The van der Waals surface area contributed by atoms with Crippen LogP contribution >= 0.6 is 23.2 Å². The SMILES string of the molecule is Cc1cc(Oc2cc(Cl)nnc2Cl)ccc1[N+](=O)[O-]. The maximum absolute atomic E-state index is 10.7. The van der Waals surface area contributed by atoms with Crippen molar-refractivity contribution in [3.8, 4) is 11.5 Å². The van der Waals surface area contributed by atoms with Crippen molar-refractivity contribution in [2.75, 3.05) is 0 Å². The highest BCUT2D eigenvalue weighted by Gasteiger charge is 2.12. The van der Waals surface area contributed by atoms with Gasteiger partial charge < -0.3 is 4.74 Å². The molecule has 6 nitrogen and oxygen atoms in total. The summed E-state index contributed by atoms with van der Waals surface area (Å²) in [5.41, 5.74) is 0.496. The van der Waals surface area contributed by atoms with Crippen molar-refractivity contribution in [3.63, 3.8) is 0 Å². The van der Waals surface area contributed by atoms with Gasteiger partial charge in [0.05, 0.1) is 4.92 Å². The normalized spacial score (nSPS) is 10.3. The third kappa shape index (κ3) is 3.10. The Morgan fingerprint density at radius 2 is 2.00 bits per heavy atom. The van der Waals surface area contributed by atoms with E-state index in [0.29, 0.717) is 11.3 Å². The van der Waals surface area contributed by atoms with Crippen LogP contribution in [0, 0.1) is 17.0 Å². The fourth-order valence-corrected chi connectivity index (χ4v) is 1.70. The van der Waals surface area contributed by atoms with Crippen LogP contribution in [-0.4, -0.2) is 15.1 Å². The second-order valence-electron chi connectivity index (χ2n) is 3.63. The van der Waals surface area contributed by atoms with Gasteiger partial charge in [0.15, 0.2) is 16.1 Å². The van der Waals surface area contributed by atoms with Gasteiger partial charge in [-0.15, -0.1) is 10.2 Å². The number of nitro groups is 1. The molecule has 0 atom stereocenters. The van der Waals surface area contributed by atoms with E-state index in [1.807, 2.05) is 0 Å². The van der Waals surface area contributed by atoms with Crippen molar-refractivity contribution < 1.29 is 9.66 Å². The van der Waals surface area contributed by atoms with Crippen LogP contribution in [0.25, 0.3) is 0 Å². The number of aromatic nitrogens is 2. The first-order valence-corrected chi connectivity index (χ1v) is 5.84. The molecule has 0 spiro atoms. The van der Waals surface area contributed by atoms with Crippen molar-refractivity contribution in [3.05, 3.63) is 50.2 Å². The van der Waals surface area contributed by atoms with Gasteiger partial charge >= 0.3 is 0 Å². The van der Waals surface area contributed by atoms with Crippen molar-refractivity contribution in [1.82, 2.24) is 10.2 Å². The number of rotatable bonds is 3. The zero-order valence-corrected chi connectivity index (χ0v) is 11.1. The minimum Gasteiger partial charge on any atom is -0.454 e. The van der Waals surface area contributed by atoms with Gasteiger partial charge in [-0.25, -0.2) is 0 Å². The van der Waals surface area contributed by atoms with Crippen molar-refractivity contribution in [1.29, 1.82) is 0 Å². The van der Waals surface area contributed by atoms with Crippen molar-refractivity contribution in [2.45, 2.75) is 6.92 Å². The Morgan fingerprint density at radius 1 is 1.26 bits per heavy atom. The minimum atomic E-state index is -0.461. The molecule has 19 heavy (non-hydrogen) atoms. The van der Waals surface area contributed by atoms with Crippen LogP contribution in [0.15, 0.2) is 24.3 Å². The Labute approximate surface area is 118 Å². The van der Waals surface area contributed by atoms with Crippen LogP contribution in [0.3, 0.4) is 0 Å². The molecule has 1 aromatic carbocycles. The van der Waals surface area contributed by atoms with Gasteiger partial charge in [-0.1, -0.05) is 23.2 Å². The average molecular weight is 300 g/mol. The summed E-state index contributed by atoms with van der Waals surface area (Å²) in [6.45, 7) is 1.62. The van der Waals surface area contributed by atoms with E-state index in [2.05, 4.69) is 10.2 Å². The lowest BCUT2D eigenvalue weighted by Gasteiger charge is -2.07. The molecule has 0 bridgehead atoms. The smallest absolute Gasteiger partial charge is 0.272 e. The highest BCUT2D eigenvalue weighted by molar-refractivity contribution is 6.32. The summed E-state index contributed by atoms with van der Waals surface area (Å²) in [7, 11) is 0. The van der Waals surface area contributed by atoms with Crippen LogP contribution in [0.4, 0.5) is 5.69 Å². The third-order valence-corrected chi connectivity index (χ3v) is 2.73. The predicted octanol–water partition coefficient (Wildman–Crippen LogP) is 3.79. The molecule has 0 N–H and O–H groups in total. The standard InChI is InChI=1S/C11H7Cl2N3O3/c1-6-4-7(2-3-8(6)16(17)18)19-9-5-10(12)14-15-11(9)13/h2-5H,1H3. The Hall–Kier alpha value is -1.92. The van der Waals surface area contributed by atoms with Gasteiger partial charge in [0.2, 0.25) is 0 Å². The number of benzene rings is 1. The van der Waals surface area contributed by atoms with E-state index in [1.165, 1.54) is 24.3 Å². The summed E-state index contributed by atoms with van der Waals surface area (Å²) in [5, 5.41) is 18.0. The quantitative estimate of drug-likeness (QED) is 0.636. The van der Waals surface area contributed by atoms with Gasteiger partial charge in [0, 0.05) is 17.7 Å². The summed E-state index contributed by atoms with van der Waals surface area (Å²) in [6.07, 6.45) is 0. The highest BCUT2D eigenvalue weighted by atomic mass is 35.5. The number of ether oxygens (including phenoxy) is 1. The van der Waals surface area contributed by atoms with E-state index in [0.717, 1.165) is 0 Å². The maximum atomic E-state index is 10.7. The summed E-state index contributed by atoms with van der Waals surface area (Å²) in [6, 6.07) is 5.76. The number of hydrogen-bond donors (Lipinski definition) is 0. The van der Waals surface area contributed by atoms with Crippen LogP contribution in [0.2, 0.25) is 10.3 Å². The zero-order valence-electron chi connectivity index (χ0n) is 9.63. The molecular weight excluding hydrogens is 293 g/mol. The Bertz CT molecular complexity index is 649. The van der Waals surface area contributed by atoms with Gasteiger partial charge in [-0.05, 0) is 19.1 Å². The number of nitrogens with zero attached hydrogens (tertiary/aromatic N) is 3. The average Bonchev–Trinajstić information content (AvgIpc) is 2.33. The largest absolute Gasteiger partial charge is 0.454 e. The van der Waals surface area contributed by atoms with E-state index in [-0.39, 0.29) is 21.7 Å². The predicted molar refractivity (Wildman–Crippen MR) is 70.0 cm³/mol. The minimum absolute atomic E-state index is 0.0179. The first-order chi connectivity index (χ1) is 8.97. The van der Waals surface area contributed by atoms with Crippen LogP contribution in [0.5, 0.6) is 11.5 Å². The van der Waals surface area contributed by atoms with Gasteiger partial charge in [0.1, 0.15) is 5.75 Å². The van der Waals surface area contributed by atoms with Crippen molar-refractivity contribution >= 4 is 28.9 Å². The molecule has 1 aromatic heterocycles. The molecule has 0 amide bonds. The summed E-state index contributed by atoms with van der Waals surface area (Å²) >= 11 is 11.5. The summed E-state index contributed by atoms with van der Waals surface area (Å²) in [5.74, 6) is 0.629. The lowest BCUT2D eigenvalue weighted by Crippen LogP contribution is -1.94. The van der Waals surface area contributed by atoms with Crippen LogP contribution in [0.1, 0.15) is 5.56 Å². The Balaban J connectivity index is 2.31. The molecule has 0 fully saturated rings. The van der Waals surface area contributed by atoms with E-state index in [4.69, 9.17) is 27.9 Å². The number of halogens is 2. The molecule has 8 heteroatoms. The molecule has 0 unspecified atom stereocenters. The molecule has 98 valence electrons. The highest BCUT2D eigenvalue weighted by Crippen LogP contribution is 2.31. The van der Waals surface area contributed by atoms with Gasteiger partial charge in [0.25, 0.3) is 5.69 Å². The molecule has 0 aliphatic carbocycles. The fourth-order valence-electron chi connectivity index (χ4n) is 1.43. The third-order valence-electron chi connectivity index (χ3n) is 2.28. The van der Waals surface area contributed by atoms with E-state index in [9.17, 15) is 10.1 Å². The summed E-state index contributed by atoms with van der Waals surface area (Å²) < 4.78 is 5.46. The second-order valence-corrected chi connectivity index (χ2v) is 4.37. The lowest BCUT2D eigenvalue weighted by atomic mass is 10.2. The Kier molecular flexibility index (Phi) is 3.82. The zero-order chi connectivity index (χ0) is 14.0. The lowest BCUT2D eigenvalue weighted by molar-refractivity contribution is -0.385. The maximum Gasteiger partial charge on any atom is 0.272 e. The van der Waals surface area contributed by atoms with Crippen molar-refractivity contribution in [2.24, 2.45) is 0 Å². The molecule has 0 saturated heterocycles. The van der Waals surface area contributed by atoms with Gasteiger partial charge in [-0.3, -0.25) is 10.1 Å². The van der Waals surface area contributed by atoms with E-state index >= 15 is 0 Å². The number of aryl methyl sites for hydroxylation is 1. The molecular formula is C11H7Cl2N3O3. The second kappa shape index (κ2) is 5.38. The van der Waals surface area contributed by atoms with Crippen LogP contribution < -0.4 is 4.74 Å². The van der Waals surface area contributed by atoms with E-state index in [1.54, 1.807) is 6.92 Å². The molecule has 2 aromatic rings. The number of nitro benzene ring substituents is 1. The number of hydrogen-bond acceptors (Lipinski definition) is 5. The van der Waals surface area contributed by atoms with E-state index < -0.39 is 4.92 Å². The summed E-state index contributed by atoms with van der Waals surface area (Å²) in [4.78, 5) is 10.2.